The van der Waals surface area contributed by atoms with Gasteiger partial charge in [0.25, 0.3) is 5.91 Å². The summed E-state index contributed by atoms with van der Waals surface area (Å²) in [5.74, 6) is 1.71. The van der Waals surface area contributed by atoms with Gasteiger partial charge in [-0.05, 0) is 25.5 Å². The Hall–Kier alpha value is -2.90. The standard InChI is InChI=1S/C17H21N5O3/c1-11-20-21-15-8-7-12(10-22(11)15)19-16(23)9-18-17(24)13-5-3-4-6-14(13)25-2/h3-6,12H,7-10H2,1-2H3,(H,18,24)(H,19,23). The van der Waals surface area contributed by atoms with Crippen molar-refractivity contribution in [3.05, 3.63) is 41.5 Å². The zero-order chi connectivity index (χ0) is 17.8. The summed E-state index contributed by atoms with van der Waals surface area (Å²) >= 11 is 0. The second-order valence-corrected chi connectivity index (χ2v) is 5.96. The summed E-state index contributed by atoms with van der Waals surface area (Å²) in [4.78, 5) is 24.3. The monoisotopic (exact) mass is 343 g/mol. The summed E-state index contributed by atoms with van der Waals surface area (Å²) in [5.41, 5.74) is 0.403. The predicted octanol–water partition coefficient (Wildman–Crippen LogP) is 0.456. The molecular formula is C17H21N5O3. The number of methoxy groups -OCH3 is 1. The number of carbonyl (C=O) groups is 2. The average molecular weight is 343 g/mol. The van der Waals surface area contributed by atoms with Gasteiger partial charge in [0.2, 0.25) is 5.91 Å². The third-order valence-electron chi connectivity index (χ3n) is 4.26. The molecule has 0 saturated heterocycles. The Bertz CT molecular complexity index is 786. The van der Waals surface area contributed by atoms with E-state index in [1.807, 2.05) is 11.5 Å². The molecule has 1 aromatic heterocycles. The van der Waals surface area contributed by atoms with Crippen LogP contribution >= 0.6 is 0 Å². The van der Waals surface area contributed by atoms with Crippen molar-refractivity contribution in [2.45, 2.75) is 32.4 Å². The van der Waals surface area contributed by atoms with Crippen molar-refractivity contribution in [3.8, 4) is 5.75 Å². The summed E-state index contributed by atoms with van der Waals surface area (Å²) in [6.45, 7) is 2.47. The summed E-state index contributed by atoms with van der Waals surface area (Å²) < 4.78 is 7.17. The number of amides is 2. The van der Waals surface area contributed by atoms with E-state index in [1.54, 1.807) is 24.3 Å². The van der Waals surface area contributed by atoms with Gasteiger partial charge in [-0.2, -0.15) is 0 Å². The molecule has 0 saturated carbocycles. The second-order valence-electron chi connectivity index (χ2n) is 5.96. The molecule has 25 heavy (non-hydrogen) atoms. The fraction of sp³-hybridized carbons (Fsp3) is 0.412. The molecule has 1 aromatic carbocycles. The Morgan fingerprint density at radius 3 is 2.92 bits per heavy atom. The summed E-state index contributed by atoms with van der Waals surface area (Å²) in [6.07, 6.45) is 1.59. The van der Waals surface area contributed by atoms with E-state index in [0.29, 0.717) is 17.9 Å². The Morgan fingerprint density at radius 1 is 1.32 bits per heavy atom. The number of nitrogens with one attached hydrogen (secondary N) is 2. The predicted molar refractivity (Wildman–Crippen MR) is 90.3 cm³/mol. The minimum atomic E-state index is -0.340. The van der Waals surface area contributed by atoms with Gasteiger partial charge in [0.15, 0.2) is 0 Å². The van der Waals surface area contributed by atoms with E-state index >= 15 is 0 Å². The molecule has 0 radical (unpaired) electrons. The lowest BCUT2D eigenvalue weighted by molar-refractivity contribution is -0.121. The molecule has 0 bridgehead atoms. The van der Waals surface area contributed by atoms with Gasteiger partial charge in [-0.3, -0.25) is 9.59 Å². The van der Waals surface area contributed by atoms with E-state index in [1.165, 1.54) is 7.11 Å². The Labute approximate surface area is 145 Å². The largest absolute Gasteiger partial charge is 0.496 e. The number of nitrogens with zero attached hydrogens (tertiary/aromatic N) is 3. The van der Waals surface area contributed by atoms with Crippen LogP contribution in [0.4, 0.5) is 0 Å². The van der Waals surface area contributed by atoms with Crippen molar-refractivity contribution in [1.29, 1.82) is 0 Å². The molecule has 3 rings (SSSR count). The molecule has 2 aromatic rings. The molecule has 1 aliphatic heterocycles. The number of aromatic nitrogens is 3. The molecule has 0 fully saturated rings. The maximum atomic E-state index is 12.2. The quantitative estimate of drug-likeness (QED) is 0.822. The number of hydrogen-bond donors (Lipinski definition) is 2. The third-order valence-corrected chi connectivity index (χ3v) is 4.26. The van der Waals surface area contributed by atoms with Crippen molar-refractivity contribution in [2.75, 3.05) is 13.7 Å². The van der Waals surface area contributed by atoms with E-state index in [0.717, 1.165) is 24.5 Å². The highest BCUT2D eigenvalue weighted by atomic mass is 16.5. The molecule has 2 amide bonds. The smallest absolute Gasteiger partial charge is 0.255 e. The second kappa shape index (κ2) is 7.33. The van der Waals surface area contributed by atoms with E-state index in [-0.39, 0.29) is 24.4 Å². The van der Waals surface area contributed by atoms with Gasteiger partial charge in [-0.1, -0.05) is 12.1 Å². The lowest BCUT2D eigenvalue weighted by Crippen LogP contribution is -2.45. The van der Waals surface area contributed by atoms with Gasteiger partial charge in [0.05, 0.1) is 19.2 Å². The number of aryl methyl sites for hydroxylation is 2. The van der Waals surface area contributed by atoms with Crippen LogP contribution < -0.4 is 15.4 Å². The fourth-order valence-electron chi connectivity index (χ4n) is 2.95. The molecule has 1 aliphatic rings. The van der Waals surface area contributed by atoms with Gasteiger partial charge in [-0.15, -0.1) is 10.2 Å². The fourth-order valence-corrected chi connectivity index (χ4v) is 2.95. The van der Waals surface area contributed by atoms with Crippen molar-refractivity contribution in [1.82, 2.24) is 25.4 Å². The minimum absolute atomic E-state index is 0.0119. The topological polar surface area (TPSA) is 98.1 Å². The number of ether oxygens (including phenoxy) is 1. The first kappa shape index (κ1) is 16.9. The number of hydrogen-bond acceptors (Lipinski definition) is 5. The minimum Gasteiger partial charge on any atom is -0.496 e. The summed E-state index contributed by atoms with van der Waals surface area (Å²) in [5, 5.41) is 13.7. The zero-order valence-corrected chi connectivity index (χ0v) is 14.3. The van der Waals surface area contributed by atoms with Crippen LogP contribution in [0, 0.1) is 6.92 Å². The highest BCUT2D eigenvalue weighted by molar-refractivity contribution is 5.98. The van der Waals surface area contributed by atoms with E-state index in [2.05, 4.69) is 20.8 Å². The lowest BCUT2D eigenvalue weighted by Gasteiger charge is -2.25. The average Bonchev–Trinajstić information content (AvgIpc) is 3.00. The first-order valence-electron chi connectivity index (χ1n) is 8.17. The number of para-hydroxylation sites is 1. The highest BCUT2D eigenvalue weighted by Gasteiger charge is 2.23. The van der Waals surface area contributed by atoms with Crippen molar-refractivity contribution >= 4 is 11.8 Å². The zero-order valence-electron chi connectivity index (χ0n) is 14.3. The molecule has 1 atom stereocenters. The van der Waals surface area contributed by atoms with Gasteiger partial charge in [0, 0.05) is 19.0 Å². The molecule has 2 N–H and O–H groups in total. The Morgan fingerprint density at radius 2 is 2.12 bits per heavy atom. The molecule has 2 heterocycles. The molecule has 0 spiro atoms. The van der Waals surface area contributed by atoms with Crippen LogP contribution in [0.25, 0.3) is 0 Å². The summed E-state index contributed by atoms with van der Waals surface area (Å²) in [7, 11) is 1.50. The van der Waals surface area contributed by atoms with Crippen LogP contribution in [-0.2, 0) is 17.8 Å². The Balaban J connectivity index is 1.52. The van der Waals surface area contributed by atoms with Gasteiger partial charge in [0.1, 0.15) is 17.4 Å². The normalized spacial score (nSPS) is 16.0. The number of rotatable bonds is 5. The number of benzene rings is 1. The molecule has 0 aliphatic carbocycles. The lowest BCUT2D eigenvalue weighted by atomic mass is 10.1. The van der Waals surface area contributed by atoms with Crippen molar-refractivity contribution < 1.29 is 14.3 Å². The van der Waals surface area contributed by atoms with Crippen LogP contribution in [0.2, 0.25) is 0 Å². The molecular weight excluding hydrogens is 322 g/mol. The summed E-state index contributed by atoms with van der Waals surface area (Å²) in [6, 6.07) is 6.91. The Kier molecular flexibility index (Phi) is 4.97. The van der Waals surface area contributed by atoms with E-state index < -0.39 is 0 Å². The molecule has 1 unspecified atom stereocenters. The number of fused-ring (bicyclic) bond motifs is 1. The maximum absolute atomic E-state index is 12.2. The van der Waals surface area contributed by atoms with Gasteiger partial charge in [-0.25, -0.2) is 0 Å². The van der Waals surface area contributed by atoms with Crippen LogP contribution in [0.5, 0.6) is 5.75 Å². The van der Waals surface area contributed by atoms with Crippen LogP contribution in [0.1, 0.15) is 28.4 Å². The van der Waals surface area contributed by atoms with Crippen molar-refractivity contribution in [2.24, 2.45) is 0 Å². The van der Waals surface area contributed by atoms with Gasteiger partial charge >= 0.3 is 0 Å². The van der Waals surface area contributed by atoms with Crippen LogP contribution in [0.15, 0.2) is 24.3 Å². The molecule has 132 valence electrons. The SMILES string of the molecule is COc1ccccc1C(=O)NCC(=O)NC1CCc2nnc(C)n2C1. The van der Waals surface area contributed by atoms with Crippen LogP contribution in [0.3, 0.4) is 0 Å². The third kappa shape index (κ3) is 3.78. The number of carbonyl (C=O) groups excluding carboxylic acids is 2. The highest BCUT2D eigenvalue weighted by Crippen LogP contribution is 2.17. The van der Waals surface area contributed by atoms with E-state index in [4.69, 9.17) is 4.74 Å². The van der Waals surface area contributed by atoms with Crippen molar-refractivity contribution in [3.63, 3.8) is 0 Å². The molecule has 8 nitrogen and oxygen atoms in total. The first-order chi connectivity index (χ1) is 12.1. The van der Waals surface area contributed by atoms with Crippen LogP contribution in [-0.4, -0.2) is 46.3 Å². The maximum Gasteiger partial charge on any atom is 0.255 e. The molecule has 8 heteroatoms. The van der Waals surface area contributed by atoms with E-state index in [9.17, 15) is 9.59 Å². The van der Waals surface area contributed by atoms with Gasteiger partial charge < -0.3 is 19.9 Å². The first-order valence-corrected chi connectivity index (χ1v) is 8.17.